The van der Waals surface area contributed by atoms with E-state index in [0.29, 0.717) is 5.02 Å². The van der Waals surface area contributed by atoms with Crippen molar-refractivity contribution in [2.45, 2.75) is 17.9 Å². The Morgan fingerprint density at radius 1 is 1.08 bits per heavy atom. The highest BCUT2D eigenvalue weighted by molar-refractivity contribution is 7.89. The Morgan fingerprint density at radius 2 is 1.75 bits per heavy atom. The van der Waals surface area contributed by atoms with E-state index in [9.17, 15) is 8.42 Å². The quantitative estimate of drug-likeness (QED) is 0.757. The molecule has 0 aliphatic carbocycles. The van der Waals surface area contributed by atoms with Gasteiger partial charge in [-0.05, 0) is 48.9 Å². The number of hydrogen-bond acceptors (Lipinski definition) is 4. The number of hydrogen-bond donors (Lipinski definition) is 1. The van der Waals surface area contributed by atoms with Crippen LogP contribution in [0, 0.1) is 0 Å². The van der Waals surface area contributed by atoms with Crippen molar-refractivity contribution in [2.75, 3.05) is 0 Å². The van der Waals surface area contributed by atoms with Crippen molar-refractivity contribution in [3.8, 4) is 5.69 Å². The highest BCUT2D eigenvalue weighted by Crippen LogP contribution is 2.19. The average molecular weight is 363 g/mol. The molecule has 0 saturated heterocycles. The maximum atomic E-state index is 12.4. The van der Waals surface area contributed by atoms with Gasteiger partial charge >= 0.3 is 0 Å². The monoisotopic (exact) mass is 362 g/mol. The topological polar surface area (TPSA) is 76.9 Å². The summed E-state index contributed by atoms with van der Waals surface area (Å²) in [6.45, 7) is 1.79. The number of benzene rings is 2. The SMILES string of the molecule is C[C@H](NS(=O)(=O)c1ccc(Cl)cc1)c1ccc(-n2cncn2)cc1. The van der Waals surface area contributed by atoms with Crippen molar-refractivity contribution >= 4 is 21.6 Å². The molecule has 3 aromatic rings. The molecule has 0 fully saturated rings. The Labute approximate surface area is 145 Å². The van der Waals surface area contributed by atoms with Gasteiger partial charge in [-0.3, -0.25) is 0 Å². The molecular formula is C16H15ClN4O2S. The maximum absolute atomic E-state index is 12.4. The highest BCUT2D eigenvalue weighted by Gasteiger charge is 2.18. The second kappa shape index (κ2) is 6.72. The molecule has 3 rings (SSSR count). The average Bonchev–Trinajstić information content (AvgIpc) is 3.09. The fourth-order valence-electron chi connectivity index (χ4n) is 2.24. The predicted octanol–water partition coefficient (Wildman–Crippen LogP) is 2.96. The molecule has 6 nitrogen and oxygen atoms in total. The Kier molecular flexibility index (Phi) is 4.66. The third kappa shape index (κ3) is 3.64. The lowest BCUT2D eigenvalue weighted by Crippen LogP contribution is -2.26. The molecule has 1 heterocycles. The minimum absolute atomic E-state index is 0.179. The second-order valence-corrected chi connectivity index (χ2v) is 7.38. The van der Waals surface area contributed by atoms with Gasteiger partial charge in [-0.25, -0.2) is 22.8 Å². The van der Waals surface area contributed by atoms with E-state index in [4.69, 9.17) is 11.6 Å². The van der Waals surface area contributed by atoms with Crippen LogP contribution in [0.4, 0.5) is 0 Å². The minimum Gasteiger partial charge on any atom is -0.223 e. The van der Waals surface area contributed by atoms with E-state index >= 15 is 0 Å². The predicted molar refractivity (Wildman–Crippen MR) is 91.5 cm³/mol. The van der Waals surface area contributed by atoms with Crippen LogP contribution in [0.25, 0.3) is 5.69 Å². The van der Waals surface area contributed by atoms with Crippen molar-refractivity contribution in [1.82, 2.24) is 19.5 Å². The van der Waals surface area contributed by atoms with E-state index in [2.05, 4.69) is 14.8 Å². The van der Waals surface area contributed by atoms with Gasteiger partial charge in [0.1, 0.15) is 12.7 Å². The number of nitrogens with zero attached hydrogens (tertiary/aromatic N) is 3. The van der Waals surface area contributed by atoms with Gasteiger partial charge in [0.25, 0.3) is 0 Å². The summed E-state index contributed by atoms with van der Waals surface area (Å²) in [6.07, 6.45) is 3.05. The van der Waals surface area contributed by atoms with Crippen molar-refractivity contribution in [3.63, 3.8) is 0 Å². The van der Waals surface area contributed by atoms with Gasteiger partial charge < -0.3 is 0 Å². The molecule has 1 atom stereocenters. The van der Waals surface area contributed by atoms with Crippen LogP contribution < -0.4 is 4.72 Å². The first kappa shape index (κ1) is 16.6. The first-order valence-corrected chi connectivity index (χ1v) is 9.05. The highest BCUT2D eigenvalue weighted by atomic mass is 35.5. The van der Waals surface area contributed by atoms with Crippen LogP contribution in [0.2, 0.25) is 5.02 Å². The summed E-state index contributed by atoms with van der Waals surface area (Å²) in [7, 11) is -3.61. The fraction of sp³-hybridized carbons (Fsp3) is 0.125. The molecule has 8 heteroatoms. The molecule has 0 aliphatic heterocycles. The van der Waals surface area contributed by atoms with Crippen molar-refractivity contribution in [3.05, 3.63) is 71.8 Å². The molecule has 0 bridgehead atoms. The fourth-order valence-corrected chi connectivity index (χ4v) is 3.60. The van der Waals surface area contributed by atoms with Crippen molar-refractivity contribution in [2.24, 2.45) is 0 Å². The van der Waals surface area contributed by atoms with Gasteiger partial charge in [-0.2, -0.15) is 5.10 Å². The molecule has 1 aromatic heterocycles. The van der Waals surface area contributed by atoms with Gasteiger partial charge in [0.15, 0.2) is 0 Å². The summed E-state index contributed by atoms with van der Waals surface area (Å²) in [5.74, 6) is 0. The molecule has 0 unspecified atom stereocenters. The number of nitrogens with one attached hydrogen (secondary N) is 1. The van der Waals surface area contributed by atoms with E-state index in [1.807, 2.05) is 24.3 Å². The zero-order valence-corrected chi connectivity index (χ0v) is 14.4. The number of aromatic nitrogens is 3. The smallest absolute Gasteiger partial charge is 0.223 e. The standard InChI is InChI=1S/C16H15ClN4O2S/c1-12(20-24(22,23)16-8-4-14(17)5-9-16)13-2-6-15(7-3-13)21-11-18-10-19-21/h2-12,20H,1H3/t12-/m0/s1. The van der Waals surface area contributed by atoms with Crippen LogP contribution in [0.1, 0.15) is 18.5 Å². The molecule has 0 saturated carbocycles. The van der Waals surface area contributed by atoms with E-state index in [-0.39, 0.29) is 10.9 Å². The van der Waals surface area contributed by atoms with Gasteiger partial charge in [0.2, 0.25) is 10.0 Å². The normalized spacial score (nSPS) is 12.9. The van der Waals surface area contributed by atoms with Crippen LogP contribution in [0.3, 0.4) is 0 Å². The van der Waals surface area contributed by atoms with Crippen LogP contribution in [0.15, 0.2) is 66.1 Å². The molecule has 1 N–H and O–H groups in total. The molecule has 0 spiro atoms. The van der Waals surface area contributed by atoms with Gasteiger partial charge in [-0.15, -0.1) is 0 Å². The number of halogens is 1. The molecule has 0 amide bonds. The molecule has 24 heavy (non-hydrogen) atoms. The number of rotatable bonds is 5. The van der Waals surface area contributed by atoms with Crippen molar-refractivity contribution in [1.29, 1.82) is 0 Å². The lowest BCUT2D eigenvalue weighted by atomic mass is 10.1. The summed E-state index contributed by atoms with van der Waals surface area (Å²) in [5, 5.41) is 4.54. The van der Waals surface area contributed by atoms with E-state index < -0.39 is 10.0 Å². The molecule has 0 radical (unpaired) electrons. The summed E-state index contributed by atoms with van der Waals surface area (Å²) in [5.41, 5.74) is 1.69. The third-order valence-corrected chi connectivity index (χ3v) is 5.34. The van der Waals surface area contributed by atoms with E-state index in [1.54, 1.807) is 30.1 Å². The Bertz CT molecular complexity index is 908. The molecule has 2 aromatic carbocycles. The lowest BCUT2D eigenvalue weighted by molar-refractivity contribution is 0.567. The van der Waals surface area contributed by atoms with Crippen molar-refractivity contribution < 1.29 is 8.42 Å². The maximum Gasteiger partial charge on any atom is 0.241 e. The molecule has 124 valence electrons. The van der Waals surface area contributed by atoms with Crippen LogP contribution in [0.5, 0.6) is 0 Å². The summed E-state index contributed by atoms with van der Waals surface area (Å²) in [4.78, 5) is 4.07. The van der Waals surface area contributed by atoms with Crippen LogP contribution in [-0.2, 0) is 10.0 Å². The second-order valence-electron chi connectivity index (χ2n) is 5.23. The summed E-state index contributed by atoms with van der Waals surface area (Å²) < 4.78 is 29.1. The minimum atomic E-state index is -3.61. The number of sulfonamides is 1. The zero-order chi connectivity index (χ0) is 17.2. The van der Waals surface area contributed by atoms with Gasteiger partial charge in [-0.1, -0.05) is 23.7 Å². The first-order chi connectivity index (χ1) is 11.5. The van der Waals surface area contributed by atoms with E-state index in [1.165, 1.54) is 18.5 Å². The molecule has 0 aliphatic rings. The Hall–Kier alpha value is -2.22. The summed E-state index contributed by atoms with van der Waals surface area (Å²) in [6, 6.07) is 13.1. The lowest BCUT2D eigenvalue weighted by Gasteiger charge is -2.15. The van der Waals surface area contributed by atoms with Gasteiger partial charge in [0.05, 0.1) is 10.6 Å². The van der Waals surface area contributed by atoms with E-state index in [0.717, 1.165) is 11.3 Å². The first-order valence-electron chi connectivity index (χ1n) is 7.18. The zero-order valence-electron chi connectivity index (χ0n) is 12.8. The Morgan fingerprint density at radius 3 is 2.33 bits per heavy atom. The Balaban J connectivity index is 1.76. The summed E-state index contributed by atoms with van der Waals surface area (Å²) >= 11 is 5.79. The molecular weight excluding hydrogens is 348 g/mol. The van der Waals surface area contributed by atoms with Crippen LogP contribution in [-0.4, -0.2) is 23.2 Å². The van der Waals surface area contributed by atoms with Gasteiger partial charge in [0, 0.05) is 11.1 Å². The third-order valence-electron chi connectivity index (χ3n) is 3.53. The van der Waals surface area contributed by atoms with Crippen LogP contribution >= 0.6 is 11.6 Å². The largest absolute Gasteiger partial charge is 0.241 e.